The van der Waals surface area contributed by atoms with Gasteiger partial charge in [-0.1, -0.05) is 5.21 Å². The van der Waals surface area contributed by atoms with Crippen molar-refractivity contribution < 1.29 is 14.7 Å². The summed E-state index contributed by atoms with van der Waals surface area (Å²) in [6.07, 6.45) is 0. The molecule has 0 spiro atoms. The maximum absolute atomic E-state index is 11.9. The second-order valence-electron chi connectivity index (χ2n) is 4.14. The zero-order valence-electron chi connectivity index (χ0n) is 10.6. The molecule has 1 amide bonds. The first-order chi connectivity index (χ1) is 9.02. The summed E-state index contributed by atoms with van der Waals surface area (Å²) in [5.74, 6) is -1.52. The Balaban J connectivity index is 2.26. The molecular weight excluding hydrogens is 248 g/mol. The third-order valence-electron chi connectivity index (χ3n) is 2.79. The van der Waals surface area contributed by atoms with E-state index in [0.29, 0.717) is 17.6 Å². The molecule has 0 aliphatic heterocycles. The van der Waals surface area contributed by atoms with Crippen LogP contribution in [0.2, 0.25) is 0 Å². The molecule has 0 saturated carbocycles. The lowest BCUT2D eigenvalue weighted by Crippen LogP contribution is -2.38. The summed E-state index contributed by atoms with van der Waals surface area (Å²) in [6, 6.07) is 4.04. The van der Waals surface area contributed by atoms with Crippen molar-refractivity contribution in [3.63, 3.8) is 0 Å². The van der Waals surface area contributed by atoms with Gasteiger partial charge in [0.1, 0.15) is 11.6 Å². The number of amides is 1. The number of aryl methyl sites for hydroxylation is 1. The van der Waals surface area contributed by atoms with E-state index in [2.05, 4.69) is 15.6 Å². The fraction of sp³-hybridized carbons (Fsp3) is 0.333. The summed E-state index contributed by atoms with van der Waals surface area (Å²) >= 11 is 0. The van der Waals surface area contributed by atoms with Crippen LogP contribution < -0.4 is 5.32 Å². The highest BCUT2D eigenvalue weighted by atomic mass is 16.4. The summed E-state index contributed by atoms with van der Waals surface area (Å²) < 4.78 is 1.72. The van der Waals surface area contributed by atoms with Crippen molar-refractivity contribution in [1.82, 2.24) is 20.3 Å². The van der Waals surface area contributed by atoms with E-state index < -0.39 is 17.9 Å². The molecule has 100 valence electrons. The maximum Gasteiger partial charge on any atom is 0.325 e. The smallest absolute Gasteiger partial charge is 0.325 e. The number of aromatic nitrogens is 3. The van der Waals surface area contributed by atoms with Crippen molar-refractivity contribution in [2.45, 2.75) is 26.4 Å². The van der Waals surface area contributed by atoms with Gasteiger partial charge < -0.3 is 10.4 Å². The maximum atomic E-state index is 11.9. The zero-order chi connectivity index (χ0) is 14.0. The van der Waals surface area contributed by atoms with Crippen LogP contribution in [0.3, 0.4) is 0 Å². The summed E-state index contributed by atoms with van der Waals surface area (Å²) in [4.78, 5) is 22.5. The Morgan fingerprint density at radius 3 is 2.84 bits per heavy atom. The Hall–Kier alpha value is -2.44. The zero-order valence-corrected chi connectivity index (χ0v) is 10.6. The number of carbonyl (C=O) groups is 2. The molecule has 1 aromatic carbocycles. The lowest BCUT2D eigenvalue weighted by molar-refractivity contribution is -0.138. The van der Waals surface area contributed by atoms with E-state index in [1.807, 2.05) is 6.92 Å². The van der Waals surface area contributed by atoms with E-state index in [9.17, 15) is 9.59 Å². The van der Waals surface area contributed by atoms with E-state index in [4.69, 9.17) is 5.11 Å². The van der Waals surface area contributed by atoms with Crippen LogP contribution >= 0.6 is 0 Å². The van der Waals surface area contributed by atoms with Crippen LogP contribution in [0, 0.1) is 0 Å². The molecule has 0 fully saturated rings. The van der Waals surface area contributed by atoms with Crippen molar-refractivity contribution in [3.8, 4) is 0 Å². The topological polar surface area (TPSA) is 97.1 Å². The molecule has 2 rings (SSSR count). The molecular formula is C12H14N4O3. The van der Waals surface area contributed by atoms with Crippen molar-refractivity contribution in [2.75, 3.05) is 0 Å². The summed E-state index contributed by atoms with van der Waals surface area (Å²) in [5, 5.41) is 19.0. The molecule has 0 radical (unpaired) electrons. The molecule has 1 heterocycles. The largest absolute Gasteiger partial charge is 0.480 e. The summed E-state index contributed by atoms with van der Waals surface area (Å²) in [6.45, 7) is 4.05. The molecule has 0 aliphatic carbocycles. The molecule has 7 nitrogen and oxygen atoms in total. The van der Waals surface area contributed by atoms with Gasteiger partial charge in [-0.25, -0.2) is 4.68 Å². The number of benzene rings is 1. The Bertz CT molecular complexity index is 635. The Labute approximate surface area is 109 Å². The third kappa shape index (κ3) is 2.54. The van der Waals surface area contributed by atoms with E-state index in [1.165, 1.54) is 6.92 Å². The highest BCUT2D eigenvalue weighted by molar-refractivity contribution is 5.98. The molecule has 7 heteroatoms. The average Bonchev–Trinajstić information content (AvgIpc) is 2.80. The first-order valence-electron chi connectivity index (χ1n) is 5.90. The third-order valence-corrected chi connectivity index (χ3v) is 2.79. The van der Waals surface area contributed by atoms with Crippen LogP contribution in [-0.2, 0) is 11.3 Å². The molecule has 1 atom stereocenters. The van der Waals surface area contributed by atoms with Gasteiger partial charge in [-0.15, -0.1) is 5.10 Å². The Morgan fingerprint density at radius 2 is 2.21 bits per heavy atom. The fourth-order valence-corrected chi connectivity index (χ4v) is 1.69. The van der Waals surface area contributed by atoms with Gasteiger partial charge in [-0.3, -0.25) is 9.59 Å². The minimum absolute atomic E-state index is 0.365. The van der Waals surface area contributed by atoms with Gasteiger partial charge in [0, 0.05) is 12.1 Å². The Morgan fingerprint density at radius 1 is 1.47 bits per heavy atom. The molecule has 1 aromatic heterocycles. The molecule has 0 bridgehead atoms. The number of aliphatic carboxylic acids is 1. The highest BCUT2D eigenvalue weighted by Crippen LogP contribution is 2.13. The van der Waals surface area contributed by atoms with E-state index in [1.54, 1.807) is 22.9 Å². The van der Waals surface area contributed by atoms with Crippen LogP contribution in [0.1, 0.15) is 24.2 Å². The van der Waals surface area contributed by atoms with Crippen molar-refractivity contribution in [1.29, 1.82) is 0 Å². The quantitative estimate of drug-likeness (QED) is 0.843. The second-order valence-corrected chi connectivity index (χ2v) is 4.14. The molecule has 1 unspecified atom stereocenters. The first kappa shape index (κ1) is 13.0. The van der Waals surface area contributed by atoms with Crippen LogP contribution in [0.15, 0.2) is 18.2 Å². The number of nitrogens with zero attached hydrogens (tertiary/aromatic N) is 3. The van der Waals surface area contributed by atoms with Crippen molar-refractivity contribution in [3.05, 3.63) is 23.8 Å². The van der Waals surface area contributed by atoms with E-state index in [0.717, 1.165) is 5.52 Å². The minimum atomic E-state index is -1.08. The van der Waals surface area contributed by atoms with Gasteiger partial charge in [-0.2, -0.15) is 0 Å². The number of carboxylic acids is 1. The first-order valence-corrected chi connectivity index (χ1v) is 5.90. The molecule has 2 aromatic rings. The van der Waals surface area contributed by atoms with Gasteiger partial charge in [0.05, 0.1) is 5.52 Å². The number of hydrogen-bond donors (Lipinski definition) is 2. The van der Waals surface area contributed by atoms with Gasteiger partial charge in [-0.05, 0) is 32.0 Å². The van der Waals surface area contributed by atoms with Crippen LogP contribution in [-0.4, -0.2) is 38.0 Å². The van der Waals surface area contributed by atoms with Crippen molar-refractivity contribution in [2.24, 2.45) is 0 Å². The number of nitrogens with one attached hydrogen (secondary N) is 1. The van der Waals surface area contributed by atoms with Crippen molar-refractivity contribution >= 4 is 22.9 Å². The van der Waals surface area contributed by atoms with Crippen LogP contribution in [0.5, 0.6) is 0 Å². The SMILES string of the molecule is CCn1nnc2cc(C(=O)NC(C)C(=O)O)ccc21. The summed E-state index contributed by atoms with van der Waals surface area (Å²) in [5.41, 5.74) is 1.81. The highest BCUT2D eigenvalue weighted by Gasteiger charge is 2.16. The fourth-order valence-electron chi connectivity index (χ4n) is 1.69. The number of carbonyl (C=O) groups excluding carboxylic acids is 1. The number of hydrogen-bond acceptors (Lipinski definition) is 4. The van der Waals surface area contributed by atoms with Gasteiger partial charge in [0.25, 0.3) is 5.91 Å². The van der Waals surface area contributed by atoms with Gasteiger partial charge in [0.2, 0.25) is 0 Å². The summed E-state index contributed by atoms with van der Waals surface area (Å²) in [7, 11) is 0. The predicted molar refractivity (Wildman–Crippen MR) is 67.8 cm³/mol. The second kappa shape index (κ2) is 5.05. The number of fused-ring (bicyclic) bond motifs is 1. The number of carboxylic acid groups (broad SMARTS) is 1. The van der Waals surface area contributed by atoms with Gasteiger partial charge in [0.15, 0.2) is 0 Å². The molecule has 2 N–H and O–H groups in total. The van der Waals surface area contributed by atoms with Gasteiger partial charge >= 0.3 is 5.97 Å². The van der Waals surface area contributed by atoms with E-state index in [-0.39, 0.29) is 0 Å². The standard InChI is InChI=1S/C12H14N4O3/c1-3-16-10-5-4-8(6-9(10)14-15-16)11(17)13-7(2)12(18)19/h4-7H,3H2,1-2H3,(H,13,17)(H,18,19). The molecule has 0 aliphatic rings. The van der Waals surface area contributed by atoms with Crippen LogP contribution in [0.4, 0.5) is 0 Å². The lowest BCUT2D eigenvalue weighted by atomic mass is 10.1. The number of rotatable bonds is 4. The van der Waals surface area contributed by atoms with E-state index >= 15 is 0 Å². The normalized spacial score (nSPS) is 12.3. The average molecular weight is 262 g/mol. The predicted octanol–water partition coefficient (Wildman–Crippen LogP) is 0.654. The monoisotopic (exact) mass is 262 g/mol. The minimum Gasteiger partial charge on any atom is -0.480 e. The molecule has 0 saturated heterocycles. The molecule has 19 heavy (non-hydrogen) atoms. The van der Waals surface area contributed by atoms with Crippen LogP contribution in [0.25, 0.3) is 11.0 Å². The lowest BCUT2D eigenvalue weighted by Gasteiger charge is -2.09. The Kier molecular flexibility index (Phi) is 3.46.